The summed E-state index contributed by atoms with van der Waals surface area (Å²) >= 11 is 4.36. The molecular formula is C9H11BrN2O3S2. The second kappa shape index (κ2) is 5.05. The molecule has 0 atom stereocenters. The van der Waals surface area contributed by atoms with Gasteiger partial charge in [-0.15, -0.1) is 11.3 Å². The minimum absolute atomic E-state index is 0.104. The predicted octanol–water partition coefficient (Wildman–Crippen LogP) is 1.02. The summed E-state index contributed by atoms with van der Waals surface area (Å²) in [6.07, 6.45) is 0.633. The summed E-state index contributed by atoms with van der Waals surface area (Å²) in [5.41, 5.74) is 0. The fourth-order valence-electron chi connectivity index (χ4n) is 1.56. The maximum absolute atomic E-state index is 12.3. The normalized spacial score (nSPS) is 18.8. The van der Waals surface area contributed by atoms with Crippen LogP contribution in [0, 0.1) is 0 Å². The van der Waals surface area contributed by atoms with Gasteiger partial charge in [-0.2, -0.15) is 4.31 Å². The largest absolute Gasteiger partial charge is 0.355 e. The van der Waals surface area contributed by atoms with Crippen molar-refractivity contribution in [3.63, 3.8) is 0 Å². The molecule has 1 aliphatic rings. The molecule has 1 saturated heterocycles. The highest BCUT2D eigenvalue weighted by Gasteiger charge is 2.30. The molecule has 1 amide bonds. The van der Waals surface area contributed by atoms with E-state index in [0.29, 0.717) is 24.0 Å². The molecule has 1 aromatic rings. The van der Waals surface area contributed by atoms with E-state index >= 15 is 0 Å². The van der Waals surface area contributed by atoms with Crippen LogP contribution in [0.4, 0.5) is 0 Å². The Balaban J connectivity index is 2.32. The van der Waals surface area contributed by atoms with E-state index in [4.69, 9.17) is 0 Å². The maximum atomic E-state index is 12.3. The Hall–Kier alpha value is -0.440. The summed E-state index contributed by atoms with van der Waals surface area (Å²) in [6, 6.07) is 1.69. The van der Waals surface area contributed by atoms with Crippen LogP contribution >= 0.6 is 27.3 Å². The van der Waals surface area contributed by atoms with Crippen LogP contribution in [0.2, 0.25) is 0 Å². The molecule has 0 aromatic carbocycles. The van der Waals surface area contributed by atoms with Crippen molar-refractivity contribution in [2.75, 3.05) is 19.6 Å². The molecule has 0 spiro atoms. The number of hydrogen-bond acceptors (Lipinski definition) is 4. The number of hydrogen-bond donors (Lipinski definition) is 1. The maximum Gasteiger partial charge on any atom is 0.254 e. The van der Waals surface area contributed by atoms with Crippen molar-refractivity contribution in [1.29, 1.82) is 0 Å². The monoisotopic (exact) mass is 338 g/mol. The zero-order valence-corrected chi connectivity index (χ0v) is 12.1. The van der Waals surface area contributed by atoms with Crippen LogP contribution in [0.15, 0.2) is 20.1 Å². The number of amides is 1. The zero-order chi connectivity index (χ0) is 12.5. The summed E-state index contributed by atoms with van der Waals surface area (Å²) in [4.78, 5) is 11.4. The van der Waals surface area contributed by atoms with Crippen LogP contribution in [0.1, 0.15) is 6.42 Å². The summed E-state index contributed by atoms with van der Waals surface area (Å²) in [6.45, 7) is 0.786. The molecule has 1 aromatic heterocycles. The second-order valence-corrected chi connectivity index (χ2v) is 7.50. The van der Waals surface area contributed by atoms with Crippen LogP contribution in [-0.4, -0.2) is 38.3 Å². The number of sulfonamides is 1. The molecule has 8 heteroatoms. The van der Waals surface area contributed by atoms with Gasteiger partial charge in [0, 0.05) is 17.6 Å². The van der Waals surface area contributed by atoms with E-state index in [1.165, 1.54) is 4.31 Å². The number of carbonyl (C=O) groups is 1. The quantitative estimate of drug-likeness (QED) is 0.875. The third kappa shape index (κ3) is 2.70. The minimum atomic E-state index is -3.56. The first kappa shape index (κ1) is 13.0. The smallest absolute Gasteiger partial charge is 0.254 e. The zero-order valence-electron chi connectivity index (χ0n) is 8.85. The summed E-state index contributed by atoms with van der Waals surface area (Å²) in [7, 11) is -3.56. The van der Waals surface area contributed by atoms with Crippen molar-refractivity contribution in [2.24, 2.45) is 0 Å². The van der Waals surface area contributed by atoms with E-state index in [2.05, 4.69) is 21.2 Å². The molecule has 17 heavy (non-hydrogen) atoms. The average molecular weight is 339 g/mol. The molecule has 1 N–H and O–H groups in total. The van der Waals surface area contributed by atoms with E-state index in [-0.39, 0.29) is 16.7 Å². The molecule has 0 bridgehead atoms. The van der Waals surface area contributed by atoms with Crippen molar-refractivity contribution >= 4 is 43.2 Å². The molecule has 2 rings (SSSR count). The lowest BCUT2D eigenvalue weighted by Crippen LogP contribution is -2.37. The highest BCUT2D eigenvalue weighted by Crippen LogP contribution is 2.30. The fraction of sp³-hybridized carbons (Fsp3) is 0.444. The van der Waals surface area contributed by atoms with Gasteiger partial charge in [0.2, 0.25) is 5.91 Å². The Morgan fingerprint density at radius 1 is 1.47 bits per heavy atom. The number of carbonyl (C=O) groups excluding carboxylic acids is 1. The van der Waals surface area contributed by atoms with Crippen LogP contribution < -0.4 is 5.32 Å². The number of thiophene rings is 1. The van der Waals surface area contributed by atoms with Crippen molar-refractivity contribution in [3.05, 3.63) is 15.9 Å². The average Bonchev–Trinajstić information content (AvgIpc) is 2.57. The Kier molecular flexibility index (Phi) is 3.86. The van der Waals surface area contributed by atoms with Gasteiger partial charge in [0.05, 0.1) is 6.54 Å². The molecule has 1 fully saturated rings. The van der Waals surface area contributed by atoms with Gasteiger partial charge in [0.15, 0.2) is 0 Å². The van der Waals surface area contributed by atoms with Gasteiger partial charge in [-0.05, 0) is 33.8 Å². The van der Waals surface area contributed by atoms with Gasteiger partial charge in [-0.25, -0.2) is 8.42 Å². The van der Waals surface area contributed by atoms with Crippen LogP contribution in [0.3, 0.4) is 0 Å². The minimum Gasteiger partial charge on any atom is -0.355 e. The number of nitrogens with zero attached hydrogens (tertiary/aromatic N) is 1. The van der Waals surface area contributed by atoms with Gasteiger partial charge in [0.1, 0.15) is 4.21 Å². The Bertz CT molecular complexity index is 526. The third-order valence-electron chi connectivity index (χ3n) is 2.39. The summed E-state index contributed by atoms with van der Waals surface area (Å²) in [5.74, 6) is -0.251. The van der Waals surface area contributed by atoms with Gasteiger partial charge >= 0.3 is 0 Å². The summed E-state index contributed by atoms with van der Waals surface area (Å²) in [5, 5.41) is 4.36. The highest BCUT2D eigenvalue weighted by molar-refractivity contribution is 9.10. The lowest BCUT2D eigenvalue weighted by atomic mass is 10.4. The SMILES string of the molecule is O=C1CN(S(=O)(=O)c2sccc2Br)CCCN1. The van der Waals surface area contributed by atoms with Crippen LogP contribution in [0.5, 0.6) is 0 Å². The van der Waals surface area contributed by atoms with Gasteiger partial charge in [0.25, 0.3) is 10.0 Å². The molecule has 2 heterocycles. The van der Waals surface area contributed by atoms with E-state index in [9.17, 15) is 13.2 Å². The first-order chi connectivity index (χ1) is 8.01. The Labute approximate surface area is 112 Å². The molecule has 0 saturated carbocycles. The number of nitrogens with one attached hydrogen (secondary N) is 1. The fourth-order valence-corrected chi connectivity index (χ4v) is 5.45. The predicted molar refractivity (Wildman–Crippen MR) is 68.4 cm³/mol. The molecule has 5 nitrogen and oxygen atoms in total. The van der Waals surface area contributed by atoms with Gasteiger partial charge < -0.3 is 5.32 Å². The van der Waals surface area contributed by atoms with Crippen molar-refractivity contribution in [1.82, 2.24) is 9.62 Å². The lowest BCUT2D eigenvalue weighted by molar-refractivity contribution is -0.120. The van der Waals surface area contributed by atoms with Crippen LogP contribution in [0.25, 0.3) is 0 Å². The number of rotatable bonds is 2. The Morgan fingerprint density at radius 3 is 2.88 bits per heavy atom. The lowest BCUT2D eigenvalue weighted by Gasteiger charge is -2.17. The first-order valence-electron chi connectivity index (χ1n) is 5.01. The van der Waals surface area contributed by atoms with E-state index in [1.54, 1.807) is 11.4 Å². The molecule has 0 aliphatic carbocycles. The van der Waals surface area contributed by atoms with Crippen molar-refractivity contribution in [2.45, 2.75) is 10.6 Å². The van der Waals surface area contributed by atoms with Crippen LogP contribution in [-0.2, 0) is 14.8 Å². The van der Waals surface area contributed by atoms with Crippen molar-refractivity contribution in [3.8, 4) is 0 Å². The molecule has 0 unspecified atom stereocenters. The topological polar surface area (TPSA) is 66.5 Å². The summed E-state index contributed by atoms with van der Waals surface area (Å²) < 4.78 is 26.6. The molecule has 94 valence electrons. The number of halogens is 1. The molecule has 0 radical (unpaired) electrons. The highest BCUT2D eigenvalue weighted by atomic mass is 79.9. The van der Waals surface area contributed by atoms with E-state index < -0.39 is 10.0 Å². The second-order valence-electron chi connectivity index (χ2n) is 3.60. The first-order valence-corrected chi connectivity index (χ1v) is 8.13. The third-order valence-corrected chi connectivity index (χ3v) is 6.88. The standard InChI is InChI=1S/C9H11BrN2O3S2/c10-7-2-5-16-9(7)17(14,15)12-4-1-3-11-8(13)6-12/h2,5H,1,3-4,6H2,(H,11,13). The Morgan fingerprint density at radius 2 is 2.24 bits per heavy atom. The molecule has 1 aliphatic heterocycles. The van der Waals surface area contributed by atoms with Crippen molar-refractivity contribution < 1.29 is 13.2 Å². The molecular weight excluding hydrogens is 328 g/mol. The van der Waals surface area contributed by atoms with E-state index in [1.807, 2.05) is 0 Å². The van der Waals surface area contributed by atoms with E-state index in [0.717, 1.165) is 11.3 Å². The van der Waals surface area contributed by atoms with Gasteiger partial charge in [-0.3, -0.25) is 4.79 Å². The van der Waals surface area contributed by atoms with Gasteiger partial charge in [-0.1, -0.05) is 0 Å².